The van der Waals surface area contributed by atoms with Crippen molar-refractivity contribution >= 4 is 64.2 Å². The molecule has 10 rings (SSSR count). The molecule has 0 unspecified atom stereocenters. The van der Waals surface area contributed by atoms with E-state index in [2.05, 4.69) is 204 Å². The van der Waals surface area contributed by atoms with E-state index in [1.807, 2.05) is 0 Å². The van der Waals surface area contributed by atoms with E-state index >= 15 is 0 Å². The Hall–Kier alpha value is -6.02. The summed E-state index contributed by atoms with van der Waals surface area (Å²) in [4.78, 5) is 0. The second kappa shape index (κ2) is 12.1. The fourth-order valence-corrected chi connectivity index (χ4v) is 8.99. The molecule has 0 atom stereocenters. The molecule has 1 heteroatoms. The second-order valence-corrected chi connectivity index (χ2v) is 14.1. The molecule has 0 aromatic heterocycles. The first-order valence-electron chi connectivity index (χ1n) is 17.5. The van der Waals surface area contributed by atoms with Crippen LogP contribution in [-0.2, 0) is 0 Å². The van der Waals surface area contributed by atoms with Crippen LogP contribution in [0.2, 0.25) is 0 Å². The molecule has 0 bridgehead atoms. The molecule has 0 N–H and O–H groups in total. The summed E-state index contributed by atoms with van der Waals surface area (Å²) in [7, 11) is 0. The summed E-state index contributed by atoms with van der Waals surface area (Å²) < 4.78 is 1.14. The lowest BCUT2D eigenvalue weighted by Crippen LogP contribution is -1.96. The average molecular weight is 712 g/mol. The third-order valence-corrected chi connectivity index (χ3v) is 11.3. The fourth-order valence-electron chi connectivity index (χ4n) is 8.27. The number of hydrogen-bond acceptors (Lipinski definition) is 0. The van der Waals surface area contributed by atoms with Crippen LogP contribution >= 0.6 is 15.9 Å². The second-order valence-electron chi connectivity index (χ2n) is 13.3. The monoisotopic (exact) mass is 710 g/mol. The van der Waals surface area contributed by atoms with E-state index in [-0.39, 0.29) is 0 Å². The van der Waals surface area contributed by atoms with Crippen LogP contribution in [0.5, 0.6) is 0 Å². The van der Waals surface area contributed by atoms with E-state index in [4.69, 9.17) is 0 Å². The zero-order valence-electron chi connectivity index (χ0n) is 27.8. The highest BCUT2D eigenvalue weighted by Crippen LogP contribution is 2.63. The highest BCUT2D eigenvalue weighted by Gasteiger charge is 2.40. The molecule has 0 fully saturated rings. The molecule has 238 valence electrons. The summed E-state index contributed by atoms with van der Waals surface area (Å²) >= 11 is 4.29. The SMILES string of the molecule is BrC1=C2C(=C(c3ccccc3)C(c3cccc4ccccc34)=C2c2cccc3ccccc23)c2cc(-c3ccccc3)c(-c3ccccc3)cc21. The van der Waals surface area contributed by atoms with Gasteiger partial charge in [-0.3, -0.25) is 0 Å². The molecule has 0 saturated heterocycles. The molecule has 0 saturated carbocycles. The number of hydrogen-bond donors (Lipinski definition) is 0. The standard InChI is InChI=1S/C50H31Br/c51-50-44-31-42(35-18-6-2-7-19-35)41(34-16-4-1-5-17-34)30-43(44)48-45(36-22-8-3-9-23-36)46(39-28-14-24-32-20-10-12-26-37(32)39)47(49(48)50)40-29-15-25-33-21-11-13-27-38(33)40/h1-31H. The van der Waals surface area contributed by atoms with Gasteiger partial charge >= 0.3 is 0 Å². The van der Waals surface area contributed by atoms with Crippen LogP contribution < -0.4 is 0 Å². The normalized spacial score (nSPS) is 13.7. The summed E-state index contributed by atoms with van der Waals surface area (Å²) in [5.74, 6) is 0. The maximum absolute atomic E-state index is 4.29. The van der Waals surface area contributed by atoms with Gasteiger partial charge in [-0.1, -0.05) is 176 Å². The molecular formula is C50H31Br. The van der Waals surface area contributed by atoms with Crippen molar-refractivity contribution < 1.29 is 0 Å². The van der Waals surface area contributed by atoms with E-state index in [0.717, 1.165) is 4.48 Å². The molecule has 0 heterocycles. The summed E-state index contributed by atoms with van der Waals surface area (Å²) in [5, 5.41) is 4.98. The highest BCUT2D eigenvalue weighted by atomic mass is 79.9. The molecule has 0 aliphatic heterocycles. The Morgan fingerprint density at radius 2 is 0.647 bits per heavy atom. The van der Waals surface area contributed by atoms with E-state index in [1.165, 1.54) is 99.5 Å². The number of halogens is 1. The first-order chi connectivity index (χ1) is 25.3. The van der Waals surface area contributed by atoms with Crippen LogP contribution in [0.4, 0.5) is 0 Å². The Morgan fingerprint density at radius 1 is 0.255 bits per heavy atom. The molecule has 0 amide bonds. The van der Waals surface area contributed by atoms with Crippen molar-refractivity contribution in [3.8, 4) is 22.3 Å². The van der Waals surface area contributed by atoms with Crippen molar-refractivity contribution in [2.24, 2.45) is 0 Å². The van der Waals surface area contributed by atoms with Crippen molar-refractivity contribution in [3.05, 3.63) is 221 Å². The van der Waals surface area contributed by atoms with Crippen LogP contribution in [0.25, 0.3) is 70.6 Å². The van der Waals surface area contributed by atoms with Crippen molar-refractivity contribution in [1.82, 2.24) is 0 Å². The van der Waals surface area contributed by atoms with Crippen LogP contribution in [0.1, 0.15) is 27.8 Å². The summed E-state index contributed by atoms with van der Waals surface area (Å²) in [6.45, 7) is 0. The first-order valence-corrected chi connectivity index (χ1v) is 18.3. The molecular weight excluding hydrogens is 680 g/mol. The van der Waals surface area contributed by atoms with Gasteiger partial charge in [0.1, 0.15) is 0 Å². The van der Waals surface area contributed by atoms with Gasteiger partial charge in [0.05, 0.1) is 0 Å². The zero-order valence-corrected chi connectivity index (χ0v) is 29.4. The summed E-state index contributed by atoms with van der Waals surface area (Å²) in [5.41, 5.74) is 17.4. The van der Waals surface area contributed by atoms with Gasteiger partial charge in [-0.05, 0) is 122 Å². The Labute approximate surface area is 306 Å². The van der Waals surface area contributed by atoms with Crippen LogP contribution in [0.15, 0.2) is 194 Å². The van der Waals surface area contributed by atoms with Gasteiger partial charge < -0.3 is 0 Å². The highest BCUT2D eigenvalue weighted by molar-refractivity contribution is 9.15. The van der Waals surface area contributed by atoms with Crippen LogP contribution in [0, 0.1) is 0 Å². The topological polar surface area (TPSA) is 0 Å². The number of fused-ring (bicyclic) bond motifs is 5. The Morgan fingerprint density at radius 3 is 1.18 bits per heavy atom. The largest absolute Gasteiger partial charge is 0.0622 e. The molecule has 2 aliphatic carbocycles. The zero-order chi connectivity index (χ0) is 33.9. The van der Waals surface area contributed by atoms with Crippen molar-refractivity contribution in [2.45, 2.75) is 0 Å². The lowest BCUT2D eigenvalue weighted by molar-refractivity contribution is 1.54. The van der Waals surface area contributed by atoms with Crippen LogP contribution in [-0.4, -0.2) is 0 Å². The molecule has 0 spiro atoms. The van der Waals surface area contributed by atoms with Gasteiger partial charge in [-0.2, -0.15) is 0 Å². The van der Waals surface area contributed by atoms with E-state index in [1.54, 1.807) is 0 Å². The minimum absolute atomic E-state index is 1.14. The quantitative estimate of drug-likeness (QED) is 0.167. The van der Waals surface area contributed by atoms with E-state index in [9.17, 15) is 0 Å². The van der Waals surface area contributed by atoms with Gasteiger partial charge in [0.2, 0.25) is 0 Å². The third kappa shape index (κ3) is 4.73. The Kier molecular flexibility index (Phi) is 7.08. The molecule has 8 aromatic rings. The van der Waals surface area contributed by atoms with Crippen LogP contribution in [0.3, 0.4) is 0 Å². The average Bonchev–Trinajstić information content (AvgIpc) is 3.69. The van der Waals surface area contributed by atoms with Crippen molar-refractivity contribution in [2.75, 3.05) is 0 Å². The van der Waals surface area contributed by atoms with Gasteiger partial charge in [-0.25, -0.2) is 0 Å². The molecule has 51 heavy (non-hydrogen) atoms. The Bertz CT molecular complexity index is 2750. The van der Waals surface area contributed by atoms with Gasteiger partial charge in [-0.15, -0.1) is 0 Å². The third-order valence-electron chi connectivity index (χ3n) is 10.5. The maximum Gasteiger partial charge on any atom is 0.0339 e. The Balaban J connectivity index is 1.38. The summed E-state index contributed by atoms with van der Waals surface area (Å²) in [6, 6.07) is 68.6. The van der Waals surface area contributed by atoms with E-state index in [0.29, 0.717) is 0 Å². The number of benzene rings is 8. The van der Waals surface area contributed by atoms with Crippen molar-refractivity contribution in [3.63, 3.8) is 0 Å². The van der Waals surface area contributed by atoms with E-state index < -0.39 is 0 Å². The summed E-state index contributed by atoms with van der Waals surface area (Å²) in [6.07, 6.45) is 0. The van der Waals surface area contributed by atoms with Gasteiger partial charge in [0.15, 0.2) is 0 Å². The first kappa shape index (κ1) is 29.9. The fraction of sp³-hybridized carbons (Fsp3) is 0. The number of allylic oxidation sites excluding steroid dienone is 5. The molecule has 2 aliphatic rings. The molecule has 8 aromatic carbocycles. The maximum atomic E-state index is 4.29. The smallest absolute Gasteiger partial charge is 0.0339 e. The lowest BCUT2D eigenvalue weighted by atomic mass is 9.84. The predicted molar refractivity (Wildman–Crippen MR) is 221 cm³/mol. The lowest BCUT2D eigenvalue weighted by Gasteiger charge is -2.19. The number of rotatable bonds is 5. The molecule has 0 nitrogen and oxygen atoms in total. The minimum Gasteiger partial charge on any atom is -0.0622 e. The van der Waals surface area contributed by atoms with Gasteiger partial charge in [0, 0.05) is 10.1 Å². The molecule has 0 radical (unpaired) electrons. The van der Waals surface area contributed by atoms with Gasteiger partial charge in [0.25, 0.3) is 0 Å². The minimum atomic E-state index is 1.14. The predicted octanol–water partition coefficient (Wildman–Crippen LogP) is 14.0. The van der Waals surface area contributed by atoms with Crippen molar-refractivity contribution in [1.29, 1.82) is 0 Å².